The molecule has 4 nitrogen and oxygen atoms in total. The summed E-state index contributed by atoms with van der Waals surface area (Å²) in [5.74, 6) is -1.27. The first kappa shape index (κ1) is 7.81. The number of hydrogen-bond donors (Lipinski definition) is 2. The molecule has 1 heterocycles. The Balaban J connectivity index is 2.79. The molecular weight excluding hydrogens is 146 g/mol. The molecule has 0 amide bonds. The van der Waals surface area contributed by atoms with Gasteiger partial charge >= 0.3 is 5.97 Å². The summed E-state index contributed by atoms with van der Waals surface area (Å²) >= 11 is 0. The number of carboxylic acids is 1. The fourth-order valence-corrected chi connectivity index (χ4v) is 0.828. The molecule has 11 heavy (non-hydrogen) atoms. The van der Waals surface area contributed by atoms with Crippen LogP contribution in [0.15, 0.2) is 22.8 Å². The molecule has 0 aromatic carbocycles. The predicted octanol–water partition coefficient (Wildman–Crippen LogP) is 0.406. The summed E-state index contributed by atoms with van der Waals surface area (Å²) < 4.78 is 4.89. The lowest BCUT2D eigenvalue weighted by Gasteiger charge is -2.04. The van der Waals surface area contributed by atoms with Gasteiger partial charge in [0.25, 0.3) is 0 Å². The van der Waals surface area contributed by atoms with E-state index in [-0.39, 0.29) is 6.54 Å². The molecular formula is C7H9NO3. The van der Waals surface area contributed by atoms with Gasteiger partial charge in [0.15, 0.2) is 0 Å². The van der Waals surface area contributed by atoms with Gasteiger partial charge in [0.05, 0.1) is 6.26 Å². The molecule has 0 aliphatic rings. The number of nitrogens with two attached hydrogens (primary N) is 1. The lowest BCUT2D eigenvalue weighted by Crippen LogP contribution is -2.20. The van der Waals surface area contributed by atoms with Crippen molar-refractivity contribution in [3.05, 3.63) is 24.2 Å². The van der Waals surface area contributed by atoms with Crippen molar-refractivity contribution in [1.29, 1.82) is 0 Å². The highest BCUT2D eigenvalue weighted by molar-refractivity contribution is 5.75. The van der Waals surface area contributed by atoms with E-state index in [4.69, 9.17) is 15.3 Å². The fourth-order valence-electron chi connectivity index (χ4n) is 0.828. The van der Waals surface area contributed by atoms with Gasteiger partial charge in [-0.25, -0.2) is 0 Å². The lowest BCUT2D eigenvalue weighted by atomic mass is 10.1. The summed E-state index contributed by atoms with van der Waals surface area (Å²) in [5, 5.41) is 8.61. The molecule has 4 heteroatoms. The van der Waals surface area contributed by atoms with E-state index in [9.17, 15) is 4.79 Å². The van der Waals surface area contributed by atoms with Crippen molar-refractivity contribution in [2.45, 2.75) is 5.92 Å². The molecule has 0 fully saturated rings. The maximum atomic E-state index is 10.5. The van der Waals surface area contributed by atoms with Crippen LogP contribution in [0.25, 0.3) is 0 Å². The van der Waals surface area contributed by atoms with E-state index >= 15 is 0 Å². The van der Waals surface area contributed by atoms with Crippen LogP contribution >= 0.6 is 0 Å². The molecule has 3 N–H and O–H groups in total. The molecule has 0 unspecified atom stereocenters. The lowest BCUT2D eigenvalue weighted by molar-refractivity contribution is -0.138. The molecule has 1 rings (SSSR count). The van der Waals surface area contributed by atoms with E-state index in [1.165, 1.54) is 6.26 Å². The Morgan fingerprint density at radius 3 is 2.91 bits per heavy atom. The Hall–Kier alpha value is -1.29. The largest absolute Gasteiger partial charge is 0.481 e. The molecule has 0 spiro atoms. The van der Waals surface area contributed by atoms with Crippen LogP contribution < -0.4 is 5.73 Å². The molecule has 0 aliphatic heterocycles. The van der Waals surface area contributed by atoms with Crippen LogP contribution in [0.2, 0.25) is 0 Å². The second-order valence-electron chi connectivity index (χ2n) is 2.14. The Kier molecular flexibility index (Phi) is 2.28. The SMILES string of the molecule is NC[C@H](C(=O)O)c1ccco1. The zero-order valence-corrected chi connectivity index (χ0v) is 5.86. The Morgan fingerprint density at radius 2 is 2.55 bits per heavy atom. The fraction of sp³-hybridized carbons (Fsp3) is 0.286. The summed E-state index contributed by atoms with van der Waals surface area (Å²) in [7, 11) is 0. The van der Waals surface area contributed by atoms with Crippen molar-refractivity contribution >= 4 is 5.97 Å². The van der Waals surface area contributed by atoms with E-state index in [1.54, 1.807) is 12.1 Å². The first-order valence-electron chi connectivity index (χ1n) is 3.22. The second-order valence-corrected chi connectivity index (χ2v) is 2.14. The number of carbonyl (C=O) groups is 1. The molecule has 0 radical (unpaired) electrons. The molecule has 0 saturated heterocycles. The van der Waals surface area contributed by atoms with Crippen molar-refractivity contribution in [3.63, 3.8) is 0 Å². The third-order valence-corrected chi connectivity index (χ3v) is 1.42. The number of furan rings is 1. The average molecular weight is 155 g/mol. The average Bonchev–Trinajstić information content (AvgIpc) is 2.40. The van der Waals surface area contributed by atoms with E-state index in [0.29, 0.717) is 5.76 Å². The number of hydrogen-bond acceptors (Lipinski definition) is 3. The zero-order valence-electron chi connectivity index (χ0n) is 5.86. The van der Waals surface area contributed by atoms with Gasteiger partial charge < -0.3 is 15.3 Å². The van der Waals surface area contributed by atoms with E-state index in [2.05, 4.69) is 0 Å². The minimum Gasteiger partial charge on any atom is -0.481 e. The molecule has 1 atom stereocenters. The summed E-state index contributed by atoms with van der Waals surface area (Å²) in [6.07, 6.45) is 1.43. The Morgan fingerprint density at radius 1 is 1.82 bits per heavy atom. The monoisotopic (exact) mass is 155 g/mol. The van der Waals surface area contributed by atoms with Gasteiger partial charge in [-0.3, -0.25) is 4.79 Å². The third-order valence-electron chi connectivity index (χ3n) is 1.42. The minimum atomic E-state index is -0.956. The van der Waals surface area contributed by atoms with E-state index < -0.39 is 11.9 Å². The van der Waals surface area contributed by atoms with E-state index in [0.717, 1.165) is 0 Å². The van der Waals surface area contributed by atoms with Crippen LogP contribution in [0.5, 0.6) is 0 Å². The predicted molar refractivity (Wildman–Crippen MR) is 38.1 cm³/mol. The highest BCUT2D eigenvalue weighted by Crippen LogP contribution is 2.14. The molecule has 60 valence electrons. The molecule has 0 bridgehead atoms. The van der Waals surface area contributed by atoms with Gasteiger partial charge in [0.2, 0.25) is 0 Å². The van der Waals surface area contributed by atoms with Gasteiger partial charge in [0.1, 0.15) is 11.7 Å². The third kappa shape index (κ3) is 1.59. The summed E-state index contributed by atoms with van der Waals surface area (Å²) in [6.45, 7) is 0.0584. The first-order chi connectivity index (χ1) is 5.25. The standard InChI is InChI=1S/C7H9NO3/c8-4-5(7(9)10)6-2-1-3-11-6/h1-3,5H,4,8H2,(H,9,10)/t5-/m0/s1. The normalized spacial score (nSPS) is 12.8. The number of carboxylic acid groups (broad SMARTS) is 1. The van der Waals surface area contributed by atoms with Crippen molar-refractivity contribution < 1.29 is 14.3 Å². The highest BCUT2D eigenvalue weighted by atomic mass is 16.4. The zero-order chi connectivity index (χ0) is 8.27. The van der Waals surface area contributed by atoms with Crippen molar-refractivity contribution in [1.82, 2.24) is 0 Å². The minimum absolute atomic E-state index is 0.0584. The topological polar surface area (TPSA) is 76.5 Å². The number of aliphatic carboxylic acids is 1. The van der Waals surface area contributed by atoms with Crippen molar-refractivity contribution in [2.24, 2.45) is 5.73 Å². The van der Waals surface area contributed by atoms with Crippen molar-refractivity contribution in [3.8, 4) is 0 Å². The number of rotatable bonds is 3. The van der Waals surface area contributed by atoms with Crippen LogP contribution in [0.1, 0.15) is 11.7 Å². The van der Waals surface area contributed by atoms with Crippen molar-refractivity contribution in [2.75, 3.05) is 6.54 Å². The molecule has 0 saturated carbocycles. The van der Waals surface area contributed by atoms with E-state index in [1.807, 2.05) is 0 Å². The van der Waals surface area contributed by atoms with Crippen LogP contribution in [-0.2, 0) is 4.79 Å². The van der Waals surface area contributed by atoms with Gasteiger partial charge in [-0.1, -0.05) is 0 Å². The molecule has 0 aliphatic carbocycles. The highest BCUT2D eigenvalue weighted by Gasteiger charge is 2.19. The molecule has 1 aromatic heterocycles. The van der Waals surface area contributed by atoms with Gasteiger partial charge in [-0.05, 0) is 12.1 Å². The Labute approximate surface area is 63.6 Å². The first-order valence-corrected chi connectivity index (χ1v) is 3.22. The maximum Gasteiger partial charge on any atom is 0.315 e. The van der Waals surface area contributed by atoms with Crippen LogP contribution in [-0.4, -0.2) is 17.6 Å². The van der Waals surface area contributed by atoms with Gasteiger partial charge in [-0.2, -0.15) is 0 Å². The van der Waals surface area contributed by atoms with Crippen LogP contribution in [0, 0.1) is 0 Å². The smallest absolute Gasteiger partial charge is 0.315 e. The van der Waals surface area contributed by atoms with Gasteiger partial charge in [0, 0.05) is 6.54 Å². The summed E-state index contributed by atoms with van der Waals surface area (Å²) in [5.41, 5.74) is 5.22. The molecule has 1 aromatic rings. The summed E-state index contributed by atoms with van der Waals surface area (Å²) in [6, 6.07) is 3.24. The maximum absolute atomic E-state index is 10.5. The van der Waals surface area contributed by atoms with Crippen LogP contribution in [0.3, 0.4) is 0 Å². The quantitative estimate of drug-likeness (QED) is 0.662. The summed E-state index contributed by atoms with van der Waals surface area (Å²) in [4.78, 5) is 10.5. The second kappa shape index (κ2) is 3.21. The van der Waals surface area contributed by atoms with Crippen LogP contribution in [0.4, 0.5) is 0 Å². The Bertz CT molecular complexity index is 230. The van der Waals surface area contributed by atoms with Gasteiger partial charge in [-0.15, -0.1) is 0 Å².